The third-order valence-electron chi connectivity index (χ3n) is 6.45. The summed E-state index contributed by atoms with van der Waals surface area (Å²) in [6.45, 7) is 3.38. The molecule has 0 bridgehead atoms. The van der Waals surface area contributed by atoms with E-state index in [1.54, 1.807) is 4.90 Å². The molecule has 2 N–H and O–H groups in total. The molecule has 0 spiro atoms. The van der Waals surface area contributed by atoms with E-state index in [9.17, 15) is 14.0 Å². The van der Waals surface area contributed by atoms with Crippen molar-refractivity contribution in [2.45, 2.75) is 32.4 Å². The number of pyridine rings is 1. The molecule has 2 aromatic carbocycles. The quantitative estimate of drug-likeness (QED) is 0.594. The number of rotatable bonds is 5. The fraction of sp³-hybridized carbons (Fsp3) is 0.269. The number of likely N-dealkylation sites (N-methyl/N-ethyl adjacent to an activating group) is 1. The summed E-state index contributed by atoms with van der Waals surface area (Å²) in [6.07, 6.45) is 1.90. The van der Waals surface area contributed by atoms with Gasteiger partial charge in [0.2, 0.25) is 5.91 Å². The van der Waals surface area contributed by atoms with Crippen LogP contribution >= 0.6 is 0 Å². The van der Waals surface area contributed by atoms with E-state index >= 15 is 0 Å². The molecular weight excluding hydrogens is 433 g/mol. The Morgan fingerprint density at radius 1 is 1.15 bits per heavy atom. The fourth-order valence-corrected chi connectivity index (χ4v) is 4.72. The van der Waals surface area contributed by atoms with E-state index in [1.807, 2.05) is 44.3 Å². The van der Waals surface area contributed by atoms with Gasteiger partial charge in [0.1, 0.15) is 17.7 Å². The van der Waals surface area contributed by atoms with Gasteiger partial charge in [0.15, 0.2) is 0 Å². The molecule has 0 aliphatic carbocycles. The minimum Gasteiger partial charge on any atom is -0.366 e. The van der Waals surface area contributed by atoms with E-state index in [1.165, 1.54) is 24.3 Å². The Kier molecular flexibility index (Phi) is 5.65. The van der Waals surface area contributed by atoms with Crippen LogP contribution in [0.1, 0.15) is 34.5 Å². The van der Waals surface area contributed by atoms with Crippen molar-refractivity contribution in [2.75, 3.05) is 34.0 Å². The first-order chi connectivity index (χ1) is 16.4. The second kappa shape index (κ2) is 8.78. The number of aryl methyl sites for hydroxylation is 1. The number of nitrogens with zero attached hydrogens (tertiary/aromatic N) is 3. The molecule has 34 heavy (non-hydrogen) atoms. The lowest BCUT2D eigenvalue weighted by atomic mass is 10.1. The van der Waals surface area contributed by atoms with Crippen LogP contribution in [0.25, 0.3) is 0 Å². The first kappa shape index (κ1) is 21.9. The average molecular weight is 460 g/mol. The molecule has 5 rings (SSSR count). The lowest BCUT2D eigenvalue weighted by molar-refractivity contribution is -0.119. The summed E-state index contributed by atoms with van der Waals surface area (Å²) in [5, 5.41) is 6.20. The first-order valence-electron chi connectivity index (χ1n) is 11.4. The van der Waals surface area contributed by atoms with Gasteiger partial charge < -0.3 is 20.4 Å². The van der Waals surface area contributed by atoms with Crippen molar-refractivity contribution < 1.29 is 14.0 Å². The molecule has 0 radical (unpaired) electrons. The normalized spacial score (nSPS) is 16.8. The molecule has 8 heteroatoms. The Morgan fingerprint density at radius 2 is 1.88 bits per heavy atom. The molecule has 7 nitrogen and oxygen atoms in total. The van der Waals surface area contributed by atoms with Crippen LogP contribution in [-0.4, -0.2) is 36.4 Å². The topological polar surface area (TPSA) is 77.6 Å². The zero-order chi connectivity index (χ0) is 23.8. The van der Waals surface area contributed by atoms with Crippen molar-refractivity contribution in [3.05, 3.63) is 77.2 Å². The zero-order valence-electron chi connectivity index (χ0n) is 19.1. The van der Waals surface area contributed by atoms with E-state index in [-0.39, 0.29) is 23.7 Å². The number of nitrogens with one attached hydrogen (secondary N) is 2. The highest BCUT2D eigenvalue weighted by Crippen LogP contribution is 2.42. The van der Waals surface area contributed by atoms with Gasteiger partial charge in [0.25, 0.3) is 5.91 Å². The Bertz CT molecular complexity index is 1240. The van der Waals surface area contributed by atoms with E-state index < -0.39 is 0 Å². The fourth-order valence-electron chi connectivity index (χ4n) is 4.72. The highest BCUT2D eigenvalue weighted by Gasteiger charge is 2.40. The van der Waals surface area contributed by atoms with E-state index in [4.69, 9.17) is 0 Å². The highest BCUT2D eigenvalue weighted by molar-refractivity contribution is 6.06. The number of fused-ring (bicyclic) bond motifs is 3. The minimum absolute atomic E-state index is 0.0789. The number of anilines is 4. The van der Waals surface area contributed by atoms with Crippen molar-refractivity contribution in [1.29, 1.82) is 0 Å². The van der Waals surface area contributed by atoms with Crippen LogP contribution in [0.2, 0.25) is 0 Å². The zero-order valence-corrected chi connectivity index (χ0v) is 19.1. The van der Waals surface area contributed by atoms with Crippen LogP contribution in [-0.2, 0) is 11.3 Å². The average Bonchev–Trinajstić information content (AvgIpc) is 3.33. The van der Waals surface area contributed by atoms with E-state index in [2.05, 4.69) is 20.5 Å². The Labute approximate surface area is 197 Å². The van der Waals surface area contributed by atoms with Gasteiger partial charge in [-0.25, -0.2) is 9.37 Å². The lowest BCUT2D eigenvalue weighted by Crippen LogP contribution is -2.49. The summed E-state index contributed by atoms with van der Waals surface area (Å²) in [5.41, 5.74) is 4.85. The maximum Gasteiger partial charge on any atom is 0.255 e. The number of halogens is 1. The standard InChI is InChI=1S/C26H26FN5O2/c1-16-24-22(32-13-3-4-21(32)26(34)31(24)2)14-23(29-16)28-15-17-5-11-20(12-6-17)30-25(33)18-7-9-19(27)10-8-18/h5-12,14,21H,3-4,13,15H2,1-2H3,(H,28,29)(H,30,33)/t21-/m0/s1. The number of aromatic nitrogens is 1. The molecule has 3 heterocycles. The van der Waals surface area contributed by atoms with Crippen molar-refractivity contribution in [3.63, 3.8) is 0 Å². The predicted molar refractivity (Wildman–Crippen MR) is 131 cm³/mol. The summed E-state index contributed by atoms with van der Waals surface area (Å²) in [7, 11) is 1.83. The molecular formula is C26H26FN5O2. The second-order valence-corrected chi connectivity index (χ2v) is 8.72. The highest BCUT2D eigenvalue weighted by atomic mass is 19.1. The molecule has 0 unspecified atom stereocenters. The van der Waals surface area contributed by atoms with Gasteiger partial charge in [0, 0.05) is 37.5 Å². The molecule has 3 aromatic rings. The van der Waals surface area contributed by atoms with Crippen LogP contribution in [0.15, 0.2) is 54.6 Å². The van der Waals surface area contributed by atoms with Crippen molar-refractivity contribution >= 4 is 34.7 Å². The first-order valence-corrected chi connectivity index (χ1v) is 11.4. The van der Waals surface area contributed by atoms with Crippen LogP contribution in [0.4, 0.5) is 27.3 Å². The third kappa shape index (κ3) is 4.07. The SMILES string of the molecule is Cc1nc(NCc2ccc(NC(=O)c3ccc(F)cc3)cc2)cc2c1N(C)C(=O)[C@@H]1CCCN21. The van der Waals surface area contributed by atoms with Gasteiger partial charge in [-0.05, 0) is 61.7 Å². The molecule has 1 aromatic heterocycles. The molecule has 2 aliphatic heterocycles. The molecule has 2 aliphatic rings. The third-order valence-corrected chi connectivity index (χ3v) is 6.45. The van der Waals surface area contributed by atoms with E-state index in [0.717, 1.165) is 47.8 Å². The predicted octanol–water partition coefficient (Wildman–Crippen LogP) is 4.34. The molecule has 1 fully saturated rings. The molecule has 1 saturated heterocycles. The van der Waals surface area contributed by atoms with Crippen molar-refractivity contribution in [2.24, 2.45) is 0 Å². The molecule has 174 valence electrons. The van der Waals surface area contributed by atoms with Gasteiger partial charge in [-0.2, -0.15) is 0 Å². The number of hydrogen-bond donors (Lipinski definition) is 2. The smallest absolute Gasteiger partial charge is 0.255 e. The Hall–Kier alpha value is -3.94. The number of hydrogen-bond acceptors (Lipinski definition) is 5. The van der Waals surface area contributed by atoms with Gasteiger partial charge >= 0.3 is 0 Å². The molecule has 1 atom stereocenters. The number of amides is 2. The summed E-state index contributed by atoms with van der Waals surface area (Å²) in [6, 6.07) is 14.9. The lowest BCUT2D eigenvalue weighted by Gasteiger charge is -2.38. The van der Waals surface area contributed by atoms with Crippen LogP contribution < -0.4 is 20.4 Å². The summed E-state index contributed by atoms with van der Waals surface area (Å²) >= 11 is 0. The summed E-state index contributed by atoms with van der Waals surface area (Å²) < 4.78 is 13.1. The summed E-state index contributed by atoms with van der Waals surface area (Å²) in [4.78, 5) is 33.6. The number of benzene rings is 2. The van der Waals surface area contributed by atoms with Crippen LogP contribution in [0.3, 0.4) is 0 Å². The molecule has 0 saturated carbocycles. The number of carbonyl (C=O) groups excluding carboxylic acids is 2. The molecule has 2 amide bonds. The minimum atomic E-state index is -0.377. The monoisotopic (exact) mass is 459 g/mol. The van der Waals surface area contributed by atoms with Gasteiger partial charge in [0.05, 0.1) is 17.1 Å². The van der Waals surface area contributed by atoms with Gasteiger partial charge in [-0.1, -0.05) is 12.1 Å². The van der Waals surface area contributed by atoms with E-state index in [0.29, 0.717) is 17.8 Å². The Balaban J connectivity index is 1.26. The largest absolute Gasteiger partial charge is 0.366 e. The maximum atomic E-state index is 13.1. The summed E-state index contributed by atoms with van der Waals surface area (Å²) in [5.74, 6) is 0.238. The van der Waals surface area contributed by atoms with Gasteiger partial charge in [-0.15, -0.1) is 0 Å². The number of carbonyl (C=O) groups is 2. The Morgan fingerprint density at radius 3 is 2.62 bits per heavy atom. The van der Waals surface area contributed by atoms with Crippen molar-refractivity contribution in [1.82, 2.24) is 4.98 Å². The van der Waals surface area contributed by atoms with Crippen molar-refractivity contribution in [3.8, 4) is 0 Å². The maximum absolute atomic E-state index is 13.1. The van der Waals surface area contributed by atoms with Crippen LogP contribution in [0.5, 0.6) is 0 Å². The second-order valence-electron chi connectivity index (χ2n) is 8.72. The van der Waals surface area contributed by atoms with Crippen LogP contribution in [0, 0.1) is 12.7 Å². The van der Waals surface area contributed by atoms with Gasteiger partial charge in [-0.3, -0.25) is 9.59 Å².